The summed E-state index contributed by atoms with van der Waals surface area (Å²) in [6, 6.07) is 0. The van der Waals surface area contributed by atoms with Crippen LogP contribution in [0, 0.1) is 11.3 Å². The molecule has 1 atom stereocenters. The highest BCUT2D eigenvalue weighted by Crippen LogP contribution is 2.48. The number of hydrogen-bond donors (Lipinski definition) is 0. The quantitative estimate of drug-likeness (QED) is 0.403. The van der Waals surface area contributed by atoms with Gasteiger partial charge in [0, 0.05) is 27.2 Å². The Bertz CT molecular complexity index is 266. The number of rotatable bonds is 12. The van der Waals surface area contributed by atoms with Crippen LogP contribution in [0.15, 0.2) is 0 Å². The van der Waals surface area contributed by atoms with Gasteiger partial charge in [0.1, 0.15) is 0 Å². The molecule has 0 aromatic rings. The smallest absolute Gasteiger partial charge is 0.288 e. The van der Waals surface area contributed by atoms with Crippen molar-refractivity contribution in [1.29, 1.82) is 0 Å². The minimum atomic E-state index is -0.981. The van der Waals surface area contributed by atoms with Crippen molar-refractivity contribution in [2.75, 3.05) is 34.5 Å². The maximum atomic E-state index is 5.65. The maximum absolute atomic E-state index is 5.65. The molecule has 4 heteroatoms. The van der Waals surface area contributed by atoms with Crippen molar-refractivity contribution in [1.82, 2.24) is 0 Å². The fraction of sp³-hybridized carbons (Fsp3) is 1.00. The Morgan fingerprint density at radius 1 is 0.905 bits per heavy atom. The Morgan fingerprint density at radius 3 is 1.86 bits per heavy atom. The number of ether oxygens (including phenoxy) is 4. The van der Waals surface area contributed by atoms with E-state index in [-0.39, 0.29) is 5.41 Å². The lowest BCUT2D eigenvalue weighted by Crippen LogP contribution is -2.59. The first-order valence-corrected chi connectivity index (χ1v) is 8.33. The summed E-state index contributed by atoms with van der Waals surface area (Å²) in [4.78, 5) is 0. The van der Waals surface area contributed by atoms with Gasteiger partial charge in [0.15, 0.2) is 0 Å². The van der Waals surface area contributed by atoms with Gasteiger partial charge in [0.25, 0.3) is 5.97 Å². The van der Waals surface area contributed by atoms with Gasteiger partial charge < -0.3 is 18.9 Å². The van der Waals surface area contributed by atoms with Crippen molar-refractivity contribution >= 4 is 0 Å². The first-order chi connectivity index (χ1) is 10.1. The lowest BCUT2D eigenvalue weighted by atomic mass is 9.70. The number of hydrogen-bond acceptors (Lipinski definition) is 4. The molecule has 1 heterocycles. The Kier molecular flexibility index (Phi) is 8.17. The fourth-order valence-corrected chi connectivity index (χ4v) is 3.43. The van der Waals surface area contributed by atoms with Gasteiger partial charge in [-0.3, -0.25) is 0 Å². The van der Waals surface area contributed by atoms with Crippen LogP contribution >= 0.6 is 0 Å². The Balaban J connectivity index is 2.61. The third-order valence-electron chi connectivity index (χ3n) is 5.09. The monoisotopic (exact) mass is 302 g/mol. The molecule has 126 valence electrons. The van der Waals surface area contributed by atoms with Gasteiger partial charge in [-0.1, -0.05) is 52.4 Å². The summed E-state index contributed by atoms with van der Waals surface area (Å²) in [6.07, 6.45) is 8.74. The van der Waals surface area contributed by atoms with Crippen LogP contribution in [0.2, 0.25) is 0 Å². The molecule has 0 spiro atoms. The molecule has 0 aromatic heterocycles. The molecule has 21 heavy (non-hydrogen) atoms. The van der Waals surface area contributed by atoms with Crippen molar-refractivity contribution < 1.29 is 18.9 Å². The van der Waals surface area contributed by atoms with Crippen molar-refractivity contribution in [2.24, 2.45) is 11.3 Å². The summed E-state index contributed by atoms with van der Waals surface area (Å²) in [6.45, 7) is 5.99. The van der Waals surface area contributed by atoms with Gasteiger partial charge in [-0.2, -0.15) is 0 Å². The van der Waals surface area contributed by atoms with Crippen LogP contribution in [-0.2, 0) is 18.9 Å². The van der Waals surface area contributed by atoms with Crippen molar-refractivity contribution in [3.63, 3.8) is 0 Å². The molecule has 1 aliphatic heterocycles. The first-order valence-electron chi connectivity index (χ1n) is 8.33. The van der Waals surface area contributed by atoms with E-state index in [2.05, 4.69) is 13.8 Å². The van der Waals surface area contributed by atoms with Crippen LogP contribution in [0.4, 0.5) is 0 Å². The molecule has 1 rings (SSSR count). The van der Waals surface area contributed by atoms with E-state index in [9.17, 15) is 0 Å². The highest BCUT2D eigenvalue weighted by Gasteiger charge is 2.56. The normalized spacial score (nSPS) is 19.3. The molecule has 0 amide bonds. The molecule has 1 saturated heterocycles. The Labute approximate surface area is 130 Å². The van der Waals surface area contributed by atoms with Gasteiger partial charge >= 0.3 is 0 Å². The van der Waals surface area contributed by atoms with Crippen LogP contribution in [0.1, 0.15) is 58.8 Å². The summed E-state index contributed by atoms with van der Waals surface area (Å²) in [7, 11) is 4.98. The molecule has 0 radical (unpaired) electrons. The van der Waals surface area contributed by atoms with E-state index >= 15 is 0 Å². The van der Waals surface area contributed by atoms with E-state index in [1.54, 1.807) is 21.3 Å². The van der Waals surface area contributed by atoms with Crippen molar-refractivity contribution in [3.8, 4) is 0 Å². The van der Waals surface area contributed by atoms with Gasteiger partial charge in [-0.05, 0) is 6.42 Å². The van der Waals surface area contributed by atoms with E-state index in [1.165, 1.54) is 38.5 Å². The summed E-state index contributed by atoms with van der Waals surface area (Å²) in [5, 5.41) is 0. The lowest BCUT2D eigenvalue weighted by molar-refractivity contribution is -0.422. The summed E-state index contributed by atoms with van der Waals surface area (Å²) in [5.74, 6) is -0.557. The molecule has 0 bridgehead atoms. The van der Waals surface area contributed by atoms with Crippen LogP contribution in [-0.4, -0.2) is 40.5 Å². The Hall–Kier alpha value is -0.160. The molecule has 1 fully saturated rings. The zero-order valence-electron chi connectivity index (χ0n) is 14.6. The molecule has 0 saturated carbocycles. The predicted octanol–water partition coefficient (Wildman–Crippen LogP) is 3.98. The second-order valence-electron chi connectivity index (χ2n) is 6.34. The van der Waals surface area contributed by atoms with Crippen LogP contribution < -0.4 is 0 Å². The fourth-order valence-electron chi connectivity index (χ4n) is 3.43. The second-order valence-corrected chi connectivity index (χ2v) is 6.34. The van der Waals surface area contributed by atoms with Crippen molar-refractivity contribution in [3.05, 3.63) is 0 Å². The maximum Gasteiger partial charge on any atom is 0.288 e. The van der Waals surface area contributed by atoms with Gasteiger partial charge in [0.2, 0.25) is 0 Å². The molecule has 0 aromatic carbocycles. The summed E-state index contributed by atoms with van der Waals surface area (Å²) < 4.78 is 22.4. The second kappa shape index (κ2) is 9.09. The zero-order chi connectivity index (χ0) is 15.8. The average Bonchev–Trinajstić information content (AvgIpc) is 2.43. The standard InChI is InChI=1S/C17H34O4/c1-6-7-8-9-10-11-12-16(2,15-13-21-14-15)17(18-3,19-4)20-5/h15H,6-14H2,1-5H3. The predicted molar refractivity (Wildman–Crippen MR) is 84.2 cm³/mol. The van der Waals surface area contributed by atoms with E-state index < -0.39 is 5.97 Å². The van der Waals surface area contributed by atoms with Gasteiger partial charge in [0.05, 0.1) is 18.6 Å². The van der Waals surface area contributed by atoms with Crippen molar-refractivity contribution in [2.45, 2.75) is 64.8 Å². The summed E-state index contributed by atoms with van der Waals surface area (Å²) >= 11 is 0. The third-order valence-corrected chi connectivity index (χ3v) is 5.09. The highest BCUT2D eigenvalue weighted by molar-refractivity contribution is 4.93. The molecular formula is C17H34O4. The van der Waals surface area contributed by atoms with E-state index in [1.807, 2.05) is 0 Å². The molecule has 4 nitrogen and oxygen atoms in total. The SMILES string of the molecule is CCCCCCCCC(C)(C1COC1)C(OC)(OC)OC. The van der Waals surface area contributed by atoms with Crippen LogP contribution in [0.25, 0.3) is 0 Å². The largest absolute Gasteiger partial charge is 0.381 e. The minimum Gasteiger partial charge on any atom is -0.381 e. The van der Waals surface area contributed by atoms with Crippen LogP contribution in [0.5, 0.6) is 0 Å². The highest BCUT2D eigenvalue weighted by atomic mass is 16.9. The number of unbranched alkanes of at least 4 members (excludes halogenated alkanes) is 5. The Morgan fingerprint density at radius 2 is 1.43 bits per heavy atom. The lowest BCUT2D eigenvalue weighted by Gasteiger charge is -2.51. The molecule has 0 aliphatic carbocycles. The topological polar surface area (TPSA) is 36.9 Å². The van der Waals surface area contributed by atoms with Gasteiger partial charge in [-0.25, -0.2) is 0 Å². The van der Waals surface area contributed by atoms with E-state index in [4.69, 9.17) is 18.9 Å². The minimum absolute atomic E-state index is 0.186. The molecule has 1 unspecified atom stereocenters. The summed E-state index contributed by atoms with van der Waals surface area (Å²) in [5.41, 5.74) is -0.186. The van der Waals surface area contributed by atoms with Crippen LogP contribution in [0.3, 0.4) is 0 Å². The first kappa shape index (κ1) is 18.9. The number of methoxy groups -OCH3 is 3. The molecule has 0 N–H and O–H groups in total. The zero-order valence-corrected chi connectivity index (χ0v) is 14.6. The van der Waals surface area contributed by atoms with E-state index in [0.717, 1.165) is 19.6 Å². The average molecular weight is 302 g/mol. The molecule has 1 aliphatic rings. The van der Waals surface area contributed by atoms with E-state index in [0.29, 0.717) is 5.92 Å². The third kappa shape index (κ3) is 4.19. The van der Waals surface area contributed by atoms with Gasteiger partial charge in [-0.15, -0.1) is 0 Å². The molecular weight excluding hydrogens is 268 g/mol.